The van der Waals surface area contributed by atoms with Crippen molar-refractivity contribution in [2.75, 3.05) is 0 Å². The standard InChI is InChI=1S/C11H15F3N2O2/c12-11(13,14)9-6-10(18)16(15-9)7-4-2-1-3-5-8(7)17/h7-8,17H,1-6H2. The van der Waals surface area contributed by atoms with Crippen molar-refractivity contribution in [3.8, 4) is 0 Å². The van der Waals surface area contributed by atoms with E-state index in [-0.39, 0.29) is 0 Å². The first kappa shape index (κ1) is 13.3. The van der Waals surface area contributed by atoms with Gasteiger partial charge in [0.2, 0.25) is 5.91 Å². The third kappa shape index (κ3) is 2.66. The van der Waals surface area contributed by atoms with Crippen LogP contribution in [-0.2, 0) is 4.79 Å². The number of alkyl halides is 3. The predicted molar refractivity (Wildman–Crippen MR) is 57.8 cm³/mol. The van der Waals surface area contributed by atoms with E-state index in [2.05, 4.69) is 5.10 Å². The van der Waals surface area contributed by atoms with E-state index in [9.17, 15) is 23.1 Å². The van der Waals surface area contributed by atoms with E-state index in [4.69, 9.17) is 0 Å². The first-order valence-electron chi connectivity index (χ1n) is 6.04. The molecular formula is C11H15F3N2O2. The lowest BCUT2D eigenvalue weighted by molar-refractivity contribution is -0.133. The highest BCUT2D eigenvalue weighted by molar-refractivity contribution is 6.07. The monoisotopic (exact) mass is 264 g/mol. The summed E-state index contributed by atoms with van der Waals surface area (Å²) >= 11 is 0. The molecule has 1 N–H and O–H groups in total. The van der Waals surface area contributed by atoms with E-state index < -0.39 is 36.4 Å². The van der Waals surface area contributed by atoms with Crippen LogP contribution in [0.4, 0.5) is 13.2 Å². The van der Waals surface area contributed by atoms with E-state index in [0.717, 1.165) is 24.3 Å². The van der Waals surface area contributed by atoms with Gasteiger partial charge in [-0.1, -0.05) is 19.3 Å². The zero-order valence-electron chi connectivity index (χ0n) is 9.78. The molecule has 1 saturated carbocycles. The summed E-state index contributed by atoms with van der Waals surface area (Å²) in [5, 5.41) is 14.1. The fourth-order valence-corrected chi connectivity index (χ4v) is 2.42. The molecule has 1 aliphatic heterocycles. The topological polar surface area (TPSA) is 52.9 Å². The number of amides is 1. The third-order valence-electron chi connectivity index (χ3n) is 3.39. The number of hydrogen-bond acceptors (Lipinski definition) is 3. The van der Waals surface area contributed by atoms with Gasteiger partial charge in [0.1, 0.15) is 0 Å². The van der Waals surface area contributed by atoms with Crippen LogP contribution in [0.1, 0.15) is 38.5 Å². The van der Waals surface area contributed by atoms with Crippen LogP contribution in [0.5, 0.6) is 0 Å². The first-order chi connectivity index (χ1) is 8.39. The number of rotatable bonds is 1. The third-order valence-corrected chi connectivity index (χ3v) is 3.39. The minimum absolute atomic E-state index is 0.502. The van der Waals surface area contributed by atoms with Gasteiger partial charge in [-0.25, -0.2) is 5.01 Å². The van der Waals surface area contributed by atoms with E-state index in [0.29, 0.717) is 12.8 Å². The second-order valence-corrected chi connectivity index (χ2v) is 4.73. The lowest BCUT2D eigenvalue weighted by Gasteiger charge is -2.27. The summed E-state index contributed by atoms with van der Waals surface area (Å²) in [5.74, 6) is -0.673. The lowest BCUT2D eigenvalue weighted by atomic mass is 10.1. The van der Waals surface area contributed by atoms with E-state index in [1.807, 2.05) is 0 Å². The number of nitrogens with zero attached hydrogens (tertiary/aromatic N) is 2. The molecule has 0 aromatic carbocycles. The van der Waals surface area contributed by atoms with Crippen molar-refractivity contribution >= 4 is 11.6 Å². The van der Waals surface area contributed by atoms with Gasteiger partial charge in [-0.2, -0.15) is 18.3 Å². The fraction of sp³-hybridized carbons (Fsp3) is 0.818. The summed E-state index contributed by atoms with van der Waals surface area (Å²) in [5.41, 5.74) is -1.07. The minimum atomic E-state index is -4.57. The van der Waals surface area contributed by atoms with Crippen molar-refractivity contribution < 1.29 is 23.1 Å². The maximum atomic E-state index is 12.5. The largest absolute Gasteiger partial charge is 0.431 e. The average Bonchev–Trinajstić information content (AvgIpc) is 2.52. The highest BCUT2D eigenvalue weighted by atomic mass is 19.4. The van der Waals surface area contributed by atoms with Gasteiger partial charge in [-0.15, -0.1) is 0 Å². The summed E-state index contributed by atoms with van der Waals surface area (Å²) in [6, 6.07) is -0.611. The van der Waals surface area contributed by atoms with Gasteiger partial charge in [-0.05, 0) is 12.8 Å². The van der Waals surface area contributed by atoms with Crippen LogP contribution in [0, 0.1) is 0 Å². The molecule has 2 unspecified atom stereocenters. The molecule has 1 amide bonds. The molecule has 2 aliphatic rings. The van der Waals surface area contributed by atoms with Gasteiger partial charge in [0, 0.05) is 0 Å². The predicted octanol–water partition coefficient (Wildman–Crippen LogP) is 1.83. The zero-order valence-corrected chi connectivity index (χ0v) is 9.78. The fourth-order valence-electron chi connectivity index (χ4n) is 2.42. The Balaban J connectivity index is 2.16. The zero-order chi connectivity index (χ0) is 13.3. The molecule has 7 heteroatoms. The second-order valence-electron chi connectivity index (χ2n) is 4.73. The quantitative estimate of drug-likeness (QED) is 0.735. The molecule has 0 radical (unpaired) electrons. The number of hydrazone groups is 1. The van der Waals surface area contributed by atoms with Gasteiger partial charge in [0.05, 0.1) is 18.6 Å². The van der Waals surface area contributed by atoms with Crippen molar-refractivity contribution in [3.63, 3.8) is 0 Å². The summed E-state index contributed by atoms with van der Waals surface area (Å²) in [7, 11) is 0. The van der Waals surface area contributed by atoms with E-state index in [1.54, 1.807) is 0 Å². The summed E-state index contributed by atoms with van der Waals surface area (Å²) in [6.45, 7) is 0. The van der Waals surface area contributed by atoms with Crippen molar-refractivity contribution in [3.05, 3.63) is 0 Å². The molecule has 0 saturated heterocycles. The summed E-state index contributed by atoms with van der Waals surface area (Å²) < 4.78 is 37.4. The lowest BCUT2D eigenvalue weighted by Crippen LogP contribution is -2.41. The summed E-state index contributed by atoms with van der Waals surface area (Å²) in [4.78, 5) is 11.6. The smallest absolute Gasteiger partial charge is 0.391 e. The molecule has 1 fully saturated rings. The average molecular weight is 264 g/mol. The molecule has 1 heterocycles. The van der Waals surface area contributed by atoms with Crippen LogP contribution >= 0.6 is 0 Å². The van der Waals surface area contributed by atoms with Crippen LogP contribution in [-0.4, -0.2) is 40.1 Å². The van der Waals surface area contributed by atoms with Gasteiger partial charge >= 0.3 is 6.18 Å². The van der Waals surface area contributed by atoms with Gasteiger partial charge < -0.3 is 5.11 Å². The van der Waals surface area contributed by atoms with Gasteiger partial charge in [0.25, 0.3) is 0 Å². The first-order valence-corrected chi connectivity index (χ1v) is 6.04. The molecular weight excluding hydrogens is 249 g/mol. The molecule has 102 valence electrons. The molecule has 18 heavy (non-hydrogen) atoms. The highest BCUT2D eigenvalue weighted by Gasteiger charge is 2.45. The number of halogens is 3. The van der Waals surface area contributed by atoms with Crippen molar-refractivity contribution in [1.29, 1.82) is 0 Å². The molecule has 1 aliphatic carbocycles. The number of hydrogen-bond donors (Lipinski definition) is 1. The Kier molecular flexibility index (Phi) is 3.61. The SMILES string of the molecule is O=C1CC(C(F)(F)F)=NN1C1CCCCCC1O. The number of carbonyl (C=O) groups is 1. The number of carbonyl (C=O) groups excluding carboxylic acids is 1. The molecule has 4 nitrogen and oxygen atoms in total. The number of aliphatic hydroxyl groups excluding tert-OH is 1. The summed E-state index contributed by atoms with van der Waals surface area (Å²) in [6.07, 6.45) is -2.52. The Morgan fingerprint density at radius 2 is 1.89 bits per heavy atom. The van der Waals surface area contributed by atoms with Crippen LogP contribution in [0.15, 0.2) is 5.10 Å². The van der Waals surface area contributed by atoms with Crippen molar-refractivity contribution in [1.82, 2.24) is 5.01 Å². The van der Waals surface area contributed by atoms with Crippen LogP contribution in [0.3, 0.4) is 0 Å². The Bertz CT molecular complexity index is 368. The minimum Gasteiger partial charge on any atom is -0.391 e. The molecule has 0 spiro atoms. The van der Waals surface area contributed by atoms with Crippen LogP contribution in [0.2, 0.25) is 0 Å². The van der Waals surface area contributed by atoms with Crippen LogP contribution < -0.4 is 0 Å². The van der Waals surface area contributed by atoms with E-state index in [1.165, 1.54) is 0 Å². The van der Waals surface area contributed by atoms with Gasteiger partial charge in [0.15, 0.2) is 5.71 Å². The van der Waals surface area contributed by atoms with Crippen molar-refractivity contribution in [2.45, 2.75) is 56.8 Å². The highest BCUT2D eigenvalue weighted by Crippen LogP contribution is 2.30. The molecule has 0 aromatic rings. The maximum Gasteiger partial charge on any atom is 0.431 e. The molecule has 2 atom stereocenters. The Morgan fingerprint density at radius 1 is 1.22 bits per heavy atom. The van der Waals surface area contributed by atoms with E-state index >= 15 is 0 Å². The Hall–Kier alpha value is -1.11. The van der Waals surface area contributed by atoms with Crippen LogP contribution in [0.25, 0.3) is 0 Å². The van der Waals surface area contributed by atoms with Gasteiger partial charge in [-0.3, -0.25) is 4.79 Å². The molecule has 0 bridgehead atoms. The Labute approximate surface area is 102 Å². The van der Waals surface area contributed by atoms with Crippen molar-refractivity contribution in [2.24, 2.45) is 5.10 Å². The Morgan fingerprint density at radius 3 is 2.50 bits per heavy atom. The normalized spacial score (nSPS) is 30.3. The molecule has 2 rings (SSSR count). The second kappa shape index (κ2) is 4.87. The molecule has 0 aromatic heterocycles. The number of aliphatic hydroxyl groups is 1. The maximum absolute atomic E-state index is 12.5.